The van der Waals surface area contributed by atoms with Crippen LogP contribution in [0.4, 0.5) is 6.01 Å². The molecule has 0 fully saturated rings. The summed E-state index contributed by atoms with van der Waals surface area (Å²) in [5, 5.41) is 10.0. The van der Waals surface area contributed by atoms with Crippen molar-refractivity contribution in [1.82, 2.24) is 14.5 Å². The van der Waals surface area contributed by atoms with Gasteiger partial charge >= 0.3 is 6.01 Å². The quantitative estimate of drug-likeness (QED) is 0.442. The van der Waals surface area contributed by atoms with Crippen LogP contribution in [-0.2, 0) is 19.9 Å². The molecule has 34 heavy (non-hydrogen) atoms. The molecule has 3 rings (SSSR count). The fourth-order valence-corrected chi connectivity index (χ4v) is 5.60. The summed E-state index contributed by atoms with van der Waals surface area (Å²) < 4.78 is 56.5. The van der Waals surface area contributed by atoms with Crippen LogP contribution >= 0.6 is 0 Å². The number of anilines is 1. The standard InChI is InChI=1S/C22H26N4O6S2/c1-4-6-15-26(5-2)34(30,31)17-13-11-16(12-14-17)20(27)23-22-25-24-21(32-22)18-9-7-8-10-19(18)33(3,28)29/h7-14H,4-6,15H2,1-3H3,(H,23,25,27). The second-order valence-corrected chi connectivity index (χ2v) is 11.4. The van der Waals surface area contributed by atoms with Crippen molar-refractivity contribution in [2.45, 2.75) is 36.5 Å². The topological polar surface area (TPSA) is 140 Å². The van der Waals surface area contributed by atoms with Gasteiger partial charge in [-0.1, -0.05) is 37.5 Å². The van der Waals surface area contributed by atoms with E-state index in [1.165, 1.54) is 40.7 Å². The summed E-state index contributed by atoms with van der Waals surface area (Å²) in [6, 6.07) is 11.5. The lowest BCUT2D eigenvalue weighted by Crippen LogP contribution is -2.31. The second-order valence-electron chi connectivity index (χ2n) is 7.51. The lowest BCUT2D eigenvalue weighted by Gasteiger charge is -2.20. The van der Waals surface area contributed by atoms with Crippen molar-refractivity contribution in [2.24, 2.45) is 0 Å². The summed E-state index contributed by atoms with van der Waals surface area (Å²) in [5.41, 5.74) is 0.406. The van der Waals surface area contributed by atoms with Gasteiger partial charge in [-0.25, -0.2) is 16.8 Å². The smallest absolute Gasteiger partial charge is 0.322 e. The number of nitrogens with zero attached hydrogens (tertiary/aromatic N) is 3. The first-order valence-electron chi connectivity index (χ1n) is 10.6. The summed E-state index contributed by atoms with van der Waals surface area (Å²) in [7, 11) is -7.19. The molecular weight excluding hydrogens is 480 g/mol. The zero-order chi connectivity index (χ0) is 24.9. The van der Waals surface area contributed by atoms with Crippen molar-refractivity contribution >= 4 is 31.8 Å². The second kappa shape index (κ2) is 10.5. The number of carbonyl (C=O) groups is 1. The summed E-state index contributed by atoms with van der Waals surface area (Å²) in [6.07, 6.45) is 2.70. The summed E-state index contributed by atoms with van der Waals surface area (Å²) in [5.74, 6) is -0.654. The van der Waals surface area contributed by atoms with Gasteiger partial charge in [0.1, 0.15) is 0 Å². The highest BCUT2D eigenvalue weighted by Gasteiger charge is 2.23. The highest BCUT2D eigenvalue weighted by atomic mass is 32.2. The molecule has 0 unspecified atom stereocenters. The summed E-state index contributed by atoms with van der Waals surface area (Å²) in [4.78, 5) is 12.7. The molecule has 10 nitrogen and oxygen atoms in total. The van der Waals surface area contributed by atoms with Crippen molar-refractivity contribution < 1.29 is 26.0 Å². The normalized spacial score (nSPS) is 12.1. The number of sulfone groups is 1. The Labute approximate surface area is 199 Å². The van der Waals surface area contributed by atoms with E-state index in [0.29, 0.717) is 13.1 Å². The molecule has 0 saturated carbocycles. The van der Waals surface area contributed by atoms with Crippen LogP contribution in [0.3, 0.4) is 0 Å². The van der Waals surface area contributed by atoms with E-state index in [0.717, 1.165) is 19.1 Å². The number of rotatable bonds is 10. The van der Waals surface area contributed by atoms with Crippen LogP contribution in [0.5, 0.6) is 0 Å². The van der Waals surface area contributed by atoms with Gasteiger partial charge < -0.3 is 4.42 Å². The van der Waals surface area contributed by atoms with E-state index in [1.807, 2.05) is 6.92 Å². The number of amides is 1. The van der Waals surface area contributed by atoms with Crippen LogP contribution in [0.1, 0.15) is 37.0 Å². The molecule has 0 radical (unpaired) electrons. The maximum Gasteiger partial charge on any atom is 0.322 e. The molecule has 2 aromatic carbocycles. The molecule has 1 amide bonds. The Morgan fingerprint density at radius 2 is 1.68 bits per heavy atom. The molecular formula is C22H26N4O6S2. The average molecular weight is 507 g/mol. The maximum atomic E-state index is 12.8. The number of unbranched alkanes of at least 4 members (excludes halogenated alkanes) is 1. The molecule has 0 aliphatic heterocycles. The third-order valence-corrected chi connectivity index (χ3v) is 8.17. The molecule has 1 heterocycles. The van der Waals surface area contributed by atoms with Crippen molar-refractivity contribution in [3.63, 3.8) is 0 Å². The van der Waals surface area contributed by atoms with Crippen LogP contribution < -0.4 is 5.32 Å². The molecule has 0 saturated heterocycles. The number of hydrogen-bond donors (Lipinski definition) is 1. The van der Waals surface area contributed by atoms with Gasteiger partial charge in [0.15, 0.2) is 9.84 Å². The zero-order valence-electron chi connectivity index (χ0n) is 19.1. The minimum absolute atomic E-state index is 0.0217. The van der Waals surface area contributed by atoms with Crippen molar-refractivity contribution in [3.05, 3.63) is 54.1 Å². The molecule has 0 spiro atoms. The lowest BCUT2D eigenvalue weighted by molar-refractivity contribution is 0.102. The molecule has 0 aliphatic rings. The van der Waals surface area contributed by atoms with Crippen LogP contribution in [0.15, 0.2) is 62.7 Å². The van der Waals surface area contributed by atoms with Crippen LogP contribution in [-0.4, -0.2) is 56.6 Å². The van der Waals surface area contributed by atoms with Gasteiger partial charge in [-0.05, 0) is 42.8 Å². The monoisotopic (exact) mass is 506 g/mol. The van der Waals surface area contributed by atoms with Gasteiger partial charge in [-0.3, -0.25) is 10.1 Å². The van der Waals surface area contributed by atoms with Gasteiger partial charge in [0.2, 0.25) is 10.0 Å². The van der Waals surface area contributed by atoms with Crippen LogP contribution in [0.25, 0.3) is 11.5 Å². The first kappa shape index (κ1) is 25.5. The highest BCUT2D eigenvalue weighted by Crippen LogP contribution is 2.27. The van der Waals surface area contributed by atoms with Crippen molar-refractivity contribution in [1.29, 1.82) is 0 Å². The maximum absolute atomic E-state index is 12.8. The zero-order valence-corrected chi connectivity index (χ0v) is 20.7. The van der Waals surface area contributed by atoms with E-state index in [1.54, 1.807) is 19.1 Å². The van der Waals surface area contributed by atoms with E-state index >= 15 is 0 Å². The van der Waals surface area contributed by atoms with Crippen molar-refractivity contribution in [2.75, 3.05) is 24.7 Å². The first-order valence-corrected chi connectivity index (χ1v) is 14.0. The molecule has 0 bridgehead atoms. The summed E-state index contributed by atoms with van der Waals surface area (Å²) in [6.45, 7) is 4.55. The van der Waals surface area contributed by atoms with E-state index in [2.05, 4.69) is 15.5 Å². The Bertz CT molecular complexity index is 1370. The Morgan fingerprint density at radius 1 is 1.00 bits per heavy atom. The van der Waals surface area contributed by atoms with Gasteiger partial charge in [0.05, 0.1) is 15.4 Å². The third-order valence-electron chi connectivity index (χ3n) is 5.03. The average Bonchev–Trinajstić information content (AvgIpc) is 3.27. The fraction of sp³-hybridized carbons (Fsp3) is 0.318. The van der Waals surface area contributed by atoms with Gasteiger partial charge in [0.25, 0.3) is 11.8 Å². The van der Waals surface area contributed by atoms with E-state index in [-0.39, 0.29) is 32.8 Å². The molecule has 12 heteroatoms. The van der Waals surface area contributed by atoms with E-state index in [4.69, 9.17) is 4.42 Å². The number of aromatic nitrogens is 2. The Balaban J connectivity index is 1.76. The predicted octanol–water partition coefficient (Wildman–Crippen LogP) is 3.20. The van der Waals surface area contributed by atoms with E-state index in [9.17, 15) is 21.6 Å². The van der Waals surface area contributed by atoms with Crippen LogP contribution in [0.2, 0.25) is 0 Å². The predicted molar refractivity (Wildman–Crippen MR) is 127 cm³/mol. The fourth-order valence-electron chi connectivity index (χ4n) is 3.23. The number of sulfonamides is 1. The van der Waals surface area contributed by atoms with Gasteiger partial charge in [0, 0.05) is 24.9 Å². The number of carbonyl (C=O) groups excluding carboxylic acids is 1. The number of hydrogen-bond acceptors (Lipinski definition) is 8. The third kappa shape index (κ3) is 5.69. The molecule has 1 aromatic heterocycles. The molecule has 0 atom stereocenters. The van der Waals surface area contributed by atoms with E-state index < -0.39 is 25.8 Å². The largest absolute Gasteiger partial charge is 0.403 e. The number of benzene rings is 2. The highest BCUT2D eigenvalue weighted by molar-refractivity contribution is 7.90. The molecule has 0 aliphatic carbocycles. The Kier molecular flexibility index (Phi) is 7.85. The lowest BCUT2D eigenvalue weighted by atomic mass is 10.2. The Morgan fingerprint density at radius 3 is 2.29 bits per heavy atom. The van der Waals surface area contributed by atoms with Crippen molar-refractivity contribution in [3.8, 4) is 11.5 Å². The van der Waals surface area contributed by atoms with Crippen LogP contribution in [0, 0.1) is 0 Å². The SMILES string of the molecule is CCCCN(CC)S(=O)(=O)c1ccc(C(=O)Nc2nnc(-c3ccccc3S(C)(=O)=O)o2)cc1. The molecule has 182 valence electrons. The minimum Gasteiger partial charge on any atom is -0.403 e. The molecule has 1 N–H and O–H groups in total. The van der Waals surface area contributed by atoms with Gasteiger partial charge in [-0.15, -0.1) is 5.10 Å². The summed E-state index contributed by atoms with van der Waals surface area (Å²) >= 11 is 0. The number of nitrogens with one attached hydrogen (secondary N) is 1. The molecule has 3 aromatic rings. The Hall–Kier alpha value is -3.09. The minimum atomic E-state index is -3.66. The van der Waals surface area contributed by atoms with Gasteiger partial charge in [-0.2, -0.15) is 4.31 Å². The first-order chi connectivity index (χ1) is 16.1.